The highest BCUT2D eigenvalue weighted by Crippen LogP contribution is 2.46. The van der Waals surface area contributed by atoms with Crippen molar-refractivity contribution in [2.45, 2.75) is 75.9 Å². The number of methoxy groups -OCH3 is 2. The van der Waals surface area contributed by atoms with Gasteiger partial charge in [0, 0.05) is 84.1 Å². The van der Waals surface area contributed by atoms with Crippen LogP contribution in [0.4, 0.5) is 13.2 Å². The quantitative estimate of drug-likeness (QED) is 0.220. The fourth-order valence-electron chi connectivity index (χ4n) is 7.17. The molecular formula is C33H52F3N3O8. The lowest BCUT2D eigenvalue weighted by Gasteiger charge is -2.43. The molecule has 268 valence electrons. The summed E-state index contributed by atoms with van der Waals surface area (Å²) in [4.78, 5) is 22.4. The van der Waals surface area contributed by atoms with E-state index in [0.29, 0.717) is 103 Å². The van der Waals surface area contributed by atoms with Gasteiger partial charge >= 0.3 is 6.18 Å². The van der Waals surface area contributed by atoms with E-state index >= 15 is 0 Å². The summed E-state index contributed by atoms with van der Waals surface area (Å²) in [6, 6.07) is 1.29. The minimum absolute atomic E-state index is 0.0725. The van der Waals surface area contributed by atoms with Crippen molar-refractivity contribution >= 4 is 5.91 Å². The van der Waals surface area contributed by atoms with E-state index in [-0.39, 0.29) is 37.2 Å². The second-order valence-corrected chi connectivity index (χ2v) is 12.6. The lowest BCUT2D eigenvalue weighted by Crippen LogP contribution is -2.54. The van der Waals surface area contributed by atoms with Crippen LogP contribution in [0, 0.1) is 5.41 Å². The molecule has 11 nitrogen and oxygen atoms in total. The van der Waals surface area contributed by atoms with E-state index in [0.717, 1.165) is 38.1 Å². The zero-order valence-electron chi connectivity index (χ0n) is 27.8. The molecule has 1 aliphatic carbocycles. The molecule has 4 atom stereocenters. The zero-order valence-corrected chi connectivity index (χ0v) is 27.8. The molecule has 1 aromatic rings. The van der Waals surface area contributed by atoms with Crippen molar-refractivity contribution < 1.29 is 51.5 Å². The SMILES string of the molecule is COCCOCCOCCOCCCN([C@@H]1CC[C@](CCO)(C(=O)N2CCc3ncc(C(F)(F)F)cc3C2)C1)[C@H]1CCOC[C@H]1OC. The van der Waals surface area contributed by atoms with Gasteiger partial charge in [0.15, 0.2) is 0 Å². The highest BCUT2D eigenvalue weighted by Gasteiger charge is 2.50. The first-order valence-electron chi connectivity index (χ1n) is 16.8. The van der Waals surface area contributed by atoms with Crippen LogP contribution in [-0.4, -0.2) is 137 Å². The summed E-state index contributed by atoms with van der Waals surface area (Å²) >= 11 is 0. The standard InChI is InChI=1S/C33H52F3N3O8/c1-42-14-15-45-18-19-46-17-16-44-12-3-9-39(29-6-13-47-24-30(29)43-2)27-4-7-32(21-27,8-11-40)31(41)38-10-5-28-25(23-38)20-26(22-37-28)33(34,35)36/h20,22,27,29-30,40H,3-19,21,23-24H2,1-2H3/t27-,29+,30-,32-/m1/s1. The number of hydrogen-bond donors (Lipinski definition) is 1. The molecule has 0 spiro atoms. The van der Waals surface area contributed by atoms with Crippen molar-refractivity contribution in [3.8, 4) is 0 Å². The summed E-state index contributed by atoms with van der Waals surface area (Å²) in [6.45, 7) is 5.80. The van der Waals surface area contributed by atoms with Crippen LogP contribution in [0.2, 0.25) is 0 Å². The number of fused-ring (bicyclic) bond motifs is 1. The number of carbonyl (C=O) groups is 1. The molecule has 2 aliphatic heterocycles. The number of pyridine rings is 1. The molecule has 2 fully saturated rings. The molecule has 1 aromatic heterocycles. The number of aliphatic hydroxyl groups is 1. The Balaban J connectivity index is 1.36. The number of ether oxygens (including phenoxy) is 6. The Morgan fingerprint density at radius 2 is 1.83 bits per heavy atom. The highest BCUT2D eigenvalue weighted by atomic mass is 19.4. The van der Waals surface area contributed by atoms with Crippen LogP contribution >= 0.6 is 0 Å². The van der Waals surface area contributed by atoms with Gasteiger partial charge in [-0.05, 0) is 50.2 Å². The van der Waals surface area contributed by atoms with Gasteiger partial charge in [0.25, 0.3) is 0 Å². The third-order valence-electron chi connectivity index (χ3n) is 9.63. The molecule has 3 aliphatic rings. The molecule has 3 heterocycles. The van der Waals surface area contributed by atoms with Crippen molar-refractivity contribution in [2.24, 2.45) is 5.41 Å². The first kappa shape index (κ1) is 37.9. The van der Waals surface area contributed by atoms with E-state index < -0.39 is 17.2 Å². The van der Waals surface area contributed by atoms with Crippen LogP contribution in [0.15, 0.2) is 12.3 Å². The zero-order chi connectivity index (χ0) is 33.7. The fourth-order valence-corrected chi connectivity index (χ4v) is 7.17. The number of aromatic nitrogens is 1. The number of halogens is 3. The van der Waals surface area contributed by atoms with Gasteiger partial charge in [0.1, 0.15) is 0 Å². The number of hydrogen-bond acceptors (Lipinski definition) is 10. The second kappa shape index (κ2) is 18.7. The Hall–Kier alpha value is -1.91. The smallest absolute Gasteiger partial charge is 0.396 e. The topological polar surface area (TPSA) is 112 Å². The number of rotatable bonds is 19. The van der Waals surface area contributed by atoms with Crippen molar-refractivity contribution in [3.63, 3.8) is 0 Å². The molecule has 14 heteroatoms. The number of aliphatic hydroxyl groups excluding tert-OH is 1. The maximum Gasteiger partial charge on any atom is 0.417 e. The number of amides is 1. The summed E-state index contributed by atoms with van der Waals surface area (Å²) in [5.41, 5.74) is -0.574. The molecule has 1 amide bonds. The van der Waals surface area contributed by atoms with Crippen LogP contribution in [0.5, 0.6) is 0 Å². The number of alkyl halides is 3. The molecule has 1 N–H and O–H groups in total. The Morgan fingerprint density at radius 3 is 2.51 bits per heavy atom. The van der Waals surface area contributed by atoms with E-state index in [1.54, 1.807) is 19.1 Å². The Kier molecular flexibility index (Phi) is 15.1. The van der Waals surface area contributed by atoms with E-state index in [1.807, 2.05) is 0 Å². The van der Waals surface area contributed by atoms with Crippen molar-refractivity contribution in [3.05, 3.63) is 29.1 Å². The van der Waals surface area contributed by atoms with Crippen LogP contribution in [0.1, 0.15) is 55.3 Å². The van der Waals surface area contributed by atoms with Gasteiger partial charge in [0.2, 0.25) is 5.91 Å². The van der Waals surface area contributed by atoms with Gasteiger partial charge in [-0.3, -0.25) is 14.7 Å². The summed E-state index contributed by atoms with van der Waals surface area (Å²) in [7, 11) is 3.32. The predicted molar refractivity (Wildman–Crippen MR) is 166 cm³/mol. The minimum atomic E-state index is -4.50. The van der Waals surface area contributed by atoms with Crippen molar-refractivity contribution in [1.82, 2.24) is 14.8 Å². The second-order valence-electron chi connectivity index (χ2n) is 12.6. The van der Waals surface area contributed by atoms with Crippen LogP contribution in [0.25, 0.3) is 0 Å². The summed E-state index contributed by atoms with van der Waals surface area (Å²) in [6.07, 6.45) is 0.468. The average molecular weight is 676 g/mol. The largest absolute Gasteiger partial charge is 0.417 e. The lowest BCUT2D eigenvalue weighted by atomic mass is 9.80. The molecule has 47 heavy (non-hydrogen) atoms. The van der Waals surface area contributed by atoms with E-state index in [4.69, 9.17) is 28.4 Å². The summed E-state index contributed by atoms with van der Waals surface area (Å²) in [5.74, 6) is -0.0974. The Labute approximate surface area is 276 Å². The Morgan fingerprint density at radius 1 is 1.11 bits per heavy atom. The van der Waals surface area contributed by atoms with Gasteiger partial charge in [-0.1, -0.05) is 0 Å². The van der Waals surface area contributed by atoms with E-state index in [9.17, 15) is 23.1 Å². The molecule has 1 saturated heterocycles. The van der Waals surface area contributed by atoms with Gasteiger partial charge in [-0.2, -0.15) is 13.2 Å². The average Bonchev–Trinajstić information content (AvgIpc) is 3.50. The molecular weight excluding hydrogens is 623 g/mol. The molecule has 1 saturated carbocycles. The predicted octanol–water partition coefficient (Wildman–Crippen LogP) is 3.10. The third kappa shape index (κ3) is 10.5. The van der Waals surface area contributed by atoms with Crippen LogP contribution in [-0.2, 0) is 52.4 Å². The third-order valence-corrected chi connectivity index (χ3v) is 9.63. The highest BCUT2D eigenvalue weighted by molar-refractivity contribution is 5.83. The number of nitrogens with zero attached hydrogens (tertiary/aromatic N) is 3. The van der Waals surface area contributed by atoms with E-state index in [2.05, 4.69) is 9.88 Å². The van der Waals surface area contributed by atoms with Gasteiger partial charge in [-0.25, -0.2) is 0 Å². The molecule has 0 unspecified atom stereocenters. The van der Waals surface area contributed by atoms with Gasteiger partial charge in [-0.15, -0.1) is 0 Å². The first-order chi connectivity index (χ1) is 22.7. The fraction of sp³-hybridized carbons (Fsp3) is 0.818. The first-order valence-corrected chi connectivity index (χ1v) is 16.8. The van der Waals surface area contributed by atoms with Crippen LogP contribution < -0.4 is 0 Å². The number of carbonyl (C=O) groups excluding carboxylic acids is 1. The summed E-state index contributed by atoms with van der Waals surface area (Å²) < 4.78 is 73.5. The Bertz CT molecular complexity index is 1100. The van der Waals surface area contributed by atoms with Gasteiger partial charge < -0.3 is 38.4 Å². The summed E-state index contributed by atoms with van der Waals surface area (Å²) in [5, 5.41) is 10.1. The van der Waals surface area contributed by atoms with Crippen LogP contribution in [0.3, 0.4) is 0 Å². The van der Waals surface area contributed by atoms with Crippen molar-refractivity contribution in [2.75, 3.05) is 93.4 Å². The molecule has 0 radical (unpaired) electrons. The maximum atomic E-state index is 14.2. The molecule has 0 aromatic carbocycles. The monoisotopic (exact) mass is 675 g/mol. The molecule has 0 bridgehead atoms. The lowest BCUT2D eigenvalue weighted by molar-refractivity contribution is -0.144. The van der Waals surface area contributed by atoms with Gasteiger partial charge in [0.05, 0.1) is 63.3 Å². The van der Waals surface area contributed by atoms with Crippen molar-refractivity contribution in [1.29, 1.82) is 0 Å². The minimum Gasteiger partial charge on any atom is -0.396 e. The molecule has 4 rings (SSSR count). The normalized spacial score (nSPS) is 25.0. The maximum absolute atomic E-state index is 14.2. The van der Waals surface area contributed by atoms with E-state index in [1.165, 1.54) is 0 Å².